The van der Waals surface area contributed by atoms with Gasteiger partial charge in [0.15, 0.2) is 0 Å². The average molecular weight is 336 g/mol. The molecule has 130 valence electrons. The smallest absolute Gasteiger partial charge is 0.272 e. The Morgan fingerprint density at radius 1 is 1.04 bits per heavy atom. The van der Waals surface area contributed by atoms with E-state index in [1.165, 1.54) is 36.0 Å². The van der Waals surface area contributed by atoms with E-state index in [2.05, 4.69) is 46.9 Å². The van der Waals surface area contributed by atoms with Gasteiger partial charge in [0.1, 0.15) is 12.0 Å². The SMILES string of the molecule is Cc1ccc(C)c(N2CCN(C(=O)c3cc(C4CC4)ncn3)CC2)c1. The minimum atomic E-state index is 0.0323. The first kappa shape index (κ1) is 16.1. The highest BCUT2D eigenvalue weighted by atomic mass is 16.2. The lowest BCUT2D eigenvalue weighted by Crippen LogP contribution is -2.49. The molecule has 1 aliphatic heterocycles. The van der Waals surface area contributed by atoms with Crippen LogP contribution >= 0.6 is 0 Å². The van der Waals surface area contributed by atoms with Crippen LogP contribution < -0.4 is 4.90 Å². The van der Waals surface area contributed by atoms with Gasteiger partial charge < -0.3 is 9.80 Å². The van der Waals surface area contributed by atoms with E-state index in [1.807, 2.05) is 11.0 Å². The van der Waals surface area contributed by atoms with Crippen molar-refractivity contribution in [3.63, 3.8) is 0 Å². The van der Waals surface area contributed by atoms with Gasteiger partial charge in [0.25, 0.3) is 5.91 Å². The Bertz CT molecular complexity index is 792. The van der Waals surface area contributed by atoms with Crippen molar-refractivity contribution in [3.8, 4) is 0 Å². The minimum absolute atomic E-state index is 0.0323. The number of aromatic nitrogens is 2. The van der Waals surface area contributed by atoms with Gasteiger partial charge in [-0.25, -0.2) is 9.97 Å². The van der Waals surface area contributed by atoms with Gasteiger partial charge >= 0.3 is 0 Å². The highest BCUT2D eigenvalue weighted by Gasteiger charge is 2.28. The van der Waals surface area contributed by atoms with E-state index in [0.717, 1.165) is 31.9 Å². The fourth-order valence-electron chi connectivity index (χ4n) is 3.46. The first-order valence-corrected chi connectivity index (χ1v) is 9.05. The highest BCUT2D eigenvalue weighted by Crippen LogP contribution is 2.38. The Morgan fingerprint density at radius 3 is 2.52 bits per heavy atom. The molecular weight excluding hydrogens is 312 g/mol. The molecule has 1 saturated heterocycles. The van der Waals surface area contributed by atoms with Gasteiger partial charge in [0.05, 0.1) is 0 Å². The number of amides is 1. The maximum Gasteiger partial charge on any atom is 0.272 e. The standard InChI is InChI=1S/C20H24N4O/c1-14-3-4-15(2)19(11-14)23-7-9-24(10-8-23)20(25)18-12-17(16-5-6-16)21-13-22-18/h3-4,11-13,16H,5-10H2,1-2H3. The summed E-state index contributed by atoms with van der Waals surface area (Å²) < 4.78 is 0. The number of piperazine rings is 1. The molecule has 1 aliphatic carbocycles. The van der Waals surface area contributed by atoms with Crippen LogP contribution in [0.1, 0.15) is 46.1 Å². The van der Waals surface area contributed by atoms with Crippen LogP contribution in [0.2, 0.25) is 0 Å². The van der Waals surface area contributed by atoms with E-state index in [9.17, 15) is 4.79 Å². The number of carbonyl (C=O) groups is 1. The zero-order chi connectivity index (χ0) is 17.4. The van der Waals surface area contributed by atoms with E-state index in [1.54, 1.807) is 0 Å². The van der Waals surface area contributed by atoms with Gasteiger partial charge in [-0.15, -0.1) is 0 Å². The molecule has 2 aliphatic rings. The molecule has 25 heavy (non-hydrogen) atoms. The molecular formula is C20H24N4O. The second-order valence-corrected chi connectivity index (χ2v) is 7.17. The van der Waals surface area contributed by atoms with Crippen LogP contribution in [0.15, 0.2) is 30.6 Å². The predicted molar refractivity (Wildman–Crippen MR) is 98.0 cm³/mol. The van der Waals surface area contributed by atoms with Gasteiger partial charge in [-0.05, 0) is 49.9 Å². The Labute approximate surface area is 148 Å². The van der Waals surface area contributed by atoms with Gasteiger partial charge in [-0.2, -0.15) is 0 Å². The third-order valence-electron chi connectivity index (χ3n) is 5.18. The molecule has 1 amide bonds. The second-order valence-electron chi connectivity index (χ2n) is 7.17. The summed E-state index contributed by atoms with van der Waals surface area (Å²) >= 11 is 0. The Kier molecular flexibility index (Phi) is 4.15. The number of hydrogen-bond donors (Lipinski definition) is 0. The fourth-order valence-corrected chi connectivity index (χ4v) is 3.46. The lowest BCUT2D eigenvalue weighted by atomic mass is 10.1. The van der Waals surface area contributed by atoms with Crippen molar-refractivity contribution in [1.29, 1.82) is 0 Å². The molecule has 2 fully saturated rings. The summed E-state index contributed by atoms with van der Waals surface area (Å²) in [6.07, 6.45) is 3.89. The normalized spacial score (nSPS) is 17.7. The van der Waals surface area contributed by atoms with Crippen LogP contribution in [-0.2, 0) is 0 Å². The fraction of sp³-hybridized carbons (Fsp3) is 0.450. The van der Waals surface area contributed by atoms with E-state index in [-0.39, 0.29) is 5.91 Å². The van der Waals surface area contributed by atoms with Crippen molar-refractivity contribution < 1.29 is 4.79 Å². The number of aryl methyl sites for hydroxylation is 2. The molecule has 0 bridgehead atoms. The van der Waals surface area contributed by atoms with Gasteiger partial charge in [0.2, 0.25) is 0 Å². The van der Waals surface area contributed by atoms with E-state index in [0.29, 0.717) is 11.6 Å². The van der Waals surface area contributed by atoms with E-state index >= 15 is 0 Å². The molecule has 0 atom stereocenters. The zero-order valence-electron chi connectivity index (χ0n) is 14.9. The van der Waals surface area contributed by atoms with Crippen LogP contribution in [0, 0.1) is 13.8 Å². The number of hydrogen-bond acceptors (Lipinski definition) is 4. The molecule has 5 nitrogen and oxygen atoms in total. The summed E-state index contributed by atoms with van der Waals surface area (Å²) in [7, 11) is 0. The summed E-state index contributed by atoms with van der Waals surface area (Å²) in [6, 6.07) is 8.43. The van der Waals surface area contributed by atoms with Crippen LogP contribution in [0.3, 0.4) is 0 Å². The molecule has 0 spiro atoms. The molecule has 4 rings (SSSR count). The molecule has 0 unspecified atom stereocenters. The van der Waals surface area contributed by atoms with Crippen LogP contribution in [-0.4, -0.2) is 47.0 Å². The first-order chi connectivity index (χ1) is 12.1. The summed E-state index contributed by atoms with van der Waals surface area (Å²) in [6.45, 7) is 7.44. The van der Waals surface area contributed by atoms with Crippen molar-refractivity contribution in [1.82, 2.24) is 14.9 Å². The summed E-state index contributed by atoms with van der Waals surface area (Å²) in [5, 5.41) is 0. The predicted octanol–water partition coefficient (Wildman–Crippen LogP) is 2.93. The third-order valence-corrected chi connectivity index (χ3v) is 5.18. The first-order valence-electron chi connectivity index (χ1n) is 9.05. The molecule has 0 N–H and O–H groups in total. The molecule has 0 radical (unpaired) electrons. The minimum Gasteiger partial charge on any atom is -0.368 e. The average Bonchev–Trinajstić information content (AvgIpc) is 3.49. The quantitative estimate of drug-likeness (QED) is 0.865. The van der Waals surface area contributed by atoms with Crippen molar-refractivity contribution in [3.05, 3.63) is 53.1 Å². The van der Waals surface area contributed by atoms with Crippen molar-refractivity contribution in [2.45, 2.75) is 32.6 Å². The maximum atomic E-state index is 12.8. The number of nitrogens with zero attached hydrogens (tertiary/aromatic N) is 4. The van der Waals surface area contributed by atoms with Crippen LogP contribution in [0.4, 0.5) is 5.69 Å². The second kappa shape index (κ2) is 6.47. The van der Waals surface area contributed by atoms with Gasteiger partial charge in [-0.1, -0.05) is 12.1 Å². The molecule has 1 aromatic carbocycles. The van der Waals surface area contributed by atoms with Gasteiger partial charge in [-0.3, -0.25) is 4.79 Å². The molecule has 2 aromatic rings. The largest absolute Gasteiger partial charge is 0.368 e. The number of anilines is 1. The number of rotatable bonds is 3. The Morgan fingerprint density at radius 2 is 1.80 bits per heavy atom. The van der Waals surface area contributed by atoms with E-state index in [4.69, 9.17) is 0 Å². The van der Waals surface area contributed by atoms with Crippen LogP contribution in [0.25, 0.3) is 0 Å². The van der Waals surface area contributed by atoms with Gasteiger partial charge in [0, 0.05) is 43.5 Å². The van der Waals surface area contributed by atoms with Crippen LogP contribution in [0.5, 0.6) is 0 Å². The topological polar surface area (TPSA) is 49.3 Å². The third kappa shape index (κ3) is 3.36. The molecule has 2 heterocycles. The summed E-state index contributed by atoms with van der Waals surface area (Å²) in [5.74, 6) is 0.570. The van der Waals surface area contributed by atoms with E-state index < -0.39 is 0 Å². The van der Waals surface area contributed by atoms with Crippen molar-refractivity contribution >= 4 is 11.6 Å². The molecule has 5 heteroatoms. The van der Waals surface area contributed by atoms with Crippen molar-refractivity contribution in [2.75, 3.05) is 31.1 Å². The highest BCUT2D eigenvalue weighted by molar-refractivity contribution is 5.92. The summed E-state index contributed by atoms with van der Waals surface area (Å²) in [4.78, 5) is 25.6. The number of carbonyl (C=O) groups excluding carboxylic acids is 1. The monoisotopic (exact) mass is 336 g/mol. The molecule has 1 saturated carbocycles. The Balaban J connectivity index is 1.43. The summed E-state index contributed by atoms with van der Waals surface area (Å²) in [5.41, 5.74) is 5.40. The number of benzene rings is 1. The Hall–Kier alpha value is -2.43. The maximum absolute atomic E-state index is 12.8. The van der Waals surface area contributed by atoms with Crippen molar-refractivity contribution in [2.24, 2.45) is 0 Å². The lowest BCUT2D eigenvalue weighted by molar-refractivity contribution is 0.0740. The zero-order valence-corrected chi connectivity index (χ0v) is 14.9. The lowest BCUT2D eigenvalue weighted by Gasteiger charge is -2.36. The molecule has 1 aromatic heterocycles.